The van der Waals surface area contributed by atoms with Crippen molar-refractivity contribution in [2.45, 2.75) is 55.0 Å². The third-order valence-electron chi connectivity index (χ3n) is 6.52. The van der Waals surface area contributed by atoms with E-state index in [-0.39, 0.29) is 16.7 Å². The third-order valence-corrected chi connectivity index (χ3v) is 8.26. The van der Waals surface area contributed by atoms with Crippen molar-refractivity contribution in [2.75, 3.05) is 14.2 Å². The minimum Gasteiger partial charge on any atom is -0.468 e. The first kappa shape index (κ1) is 25.1. The van der Waals surface area contributed by atoms with Crippen molar-refractivity contribution < 1.29 is 26.9 Å². The van der Waals surface area contributed by atoms with Crippen LogP contribution in [0.1, 0.15) is 36.8 Å². The number of piperidine rings is 1. The molecule has 0 radical (unpaired) electrons. The number of ether oxygens (including phenoxy) is 1. The molecule has 2 aliphatic heterocycles. The van der Waals surface area contributed by atoms with Crippen LogP contribution in [-0.2, 0) is 25.1 Å². The van der Waals surface area contributed by atoms with Gasteiger partial charge in [0.05, 0.1) is 17.4 Å². The van der Waals surface area contributed by atoms with Gasteiger partial charge in [-0.1, -0.05) is 23.8 Å². The van der Waals surface area contributed by atoms with E-state index in [4.69, 9.17) is 9.29 Å². The fourth-order valence-corrected chi connectivity index (χ4v) is 5.51. The summed E-state index contributed by atoms with van der Waals surface area (Å²) < 4.78 is 49.2. The number of halogens is 2. The topological polar surface area (TPSA) is 83.9 Å². The van der Waals surface area contributed by atoms with Gasteiger partial charge in [-0.3, -0.25) is 9.35 Å². The lowest BCUT2D eigenvalue weighted by atomic mass is 9.70. The van der Waals surface area contributed by atoms with Crippen molar-refractivity contribution in [2.24, 2.45) is 0 Å². The molecule has 0 spiro atoms. The Morgan fingerprint density at radius 2 is 1.72 bits per heavy atom. The molecule has 6 nitrogen and oxygen atoms in total. The van der Waals surface area contributed by atoms with Crippen molar-refractivity contribution >= 4 is 38.7 Å². The van der Waals surface area contributed by atoms with Crippen LogP contribution in [0.4, 0.5) is 4.39 Å². The quantitative estimate of drug-likeness (QED) is 0.333. The van der Waals surface area contributed by atoms with E-state index in [9.17, 15) is 17.6 Å². The van der Waals surface area contributed by atoms with E-state index in [0.717, 1.165) is 24.0 Å². The Kier molecular flexibility index (Phi) is 7.63. The molecule has 174 valence electrons. The van der Waals surface area contributed by atoms with Crippen LogP contribution in [-0.4, -0.2) is 50.1 Å². The second-order valence-electron chi connectivity index (χ2n) is 8.45. The molecule has 2 atom stereocenters. The highest BCUT2D eigenvalue weighted by molar-refractivity contribution is 14.1. The van der Waals surface area contributed by atoms with Gasteiger partial charge in [0.1, 0.15) is 5.82 Å². The maximum atomic E-state index is 14.0. The van der Waals surface area contributed by atoms with Gasteiger partial charge in [0.2, 0.25) is 0 Å². The number of aryl methyl sites for hydroxylation is 1. The van der Waals surface area contributed by atoms with E-state index in [1.54, 1.807) is 18.2 Å². The molecule has 9 heteroatoms. The minimum absolute atomic E-state index is 0.0666. The number of carbonyl (C=O) groups excluding carboxylic acids is 1. The summed E-state index contributed by atoms with van der Waals surface area (Å²) in [6, 6.07) is 11.9. The number of hydrogen-bond acceptors (Lipinski definition) is 5. The minimum atomic E-state index is -4.02. The molecular formula is C23H27FINO5S. The molecule has 1 N–H and O–H groups in total. The Morgan fingerprint density at radius 3 is 2.19 bits per heavy atom. The molecule has 32 heavy (non-hydrogen) atoms. The highest BCUT2D eigenvalue weighted by Gasteiger charge is 2.52. The first-order chi connectivity index (χ1) is 15.0. The van der Waals surface area contributed by atoms with Crippen LogP contribution in [0.3, 0.4) is 0 Å². The molecule has 0 aromatic heterocycles. The van der Waals surface area contributed by atoms with Crippen molar-refractivity contribution in [1.82, 2.24) is 4.90 Å². The first-order valence-corrected chi connectivity index (χ1v) is 12.8. The molecule has 2 bridgehead atoms. The monoisotopic (exact) mass is 575 g/mol. The van der Waals surface area contributed by atoms with Crippen LogP contribution in [0, 0.1) is 16.3 Å². The number of methoxy groups -OCH3 is 1. The van der Waals surface area contributed by atoms with Gasteiger partial charge in [-0.15, -0.1) is 0 Å². The Labute approximate surface area is 202 Å². The average molecular weight is 575 g/mol. The first-order valence-electron chi connectivity index (χ1n) is 10.3. The van der Waals surface area contributed by atoms with Crippen LogP contribution in [0.2, 0.25) is 0 Å². The highest BCUT2D eigenvalue weighted by Crippen LogP contribution is 2.47. The van der Waals surface area contributed by atoms with E-state index in [2.05, 4.69) is 11.9 Å². The molecule has 4 rings (SSSR count). The Bertz CT molecular complexity index is 1080. The predicted octanol–water partition coefficient (Wildman–Crippen LogP) is 4.34. The zero-order chi connectivity index (χ0) is 23.7. The van der Waals surface area contributed by atoms with Crippen LogP contribution in [0.15, 0.2) is 47.4 Å². The summed E-state index contributed by atoms with van der Waals surface area (Å²) in [5.41, 5.74) is 1.02. The molecule has 2 aromatic rings. The maximum absolute atomic E-state index is 14.0. The van der Waals surface area contributed by atoms with E-state index >= 15 is 0 Å². The van der Waals surface area contributed by atoms with Crippen molar-refractivity contribution in [3.63, 3.8) is 0 Å². The molecule has 0 saturated carbocycles. The Morgan fingerprint density at radius 1 is 1.16 bits per heavy atom. The largest absolute Gasteiger partial charge is 0.468 e. The van der Waals surface area contributed by atoms with Crippen LogP contribution < -0.4 is 0 Å². The van der Waals surface area contributed by atoms with Crippen molar-refractivity contribution in [3.8, 4) is 0 Å². The van der Waals surface area contributed by atoms with E-state index < -0.39 is 15.5 Å². The van der Waals surface area contributed by atoms with E-state index in [1.807, 2.05) is 35.6 Å². The average Bonchev–Trinajstić information content (AvgIpc) is 2.96. The van der Waals surface area contributed by atoms with E-state index in [1.165, 1.54) is 25.3 Å². The molecule has 2 saturated heterocycles. The smallest absolute Gasteiger partial charge is 0.316 e. The Balaban J connectivity index is 0.000000222. The molecule has 2 fully saturated rings. The number of esters is 1. The van der Waals surface area contributed by atoms with Gasteiger partial charge in [-0.2, -0.15) is 8.42 Å². The number of fused-ring (bicyclic) bond motifs is 2. The van der Waals surface area contributed by atoms with Crippen molar-refractivity contribution in [3.05, 3.63) is 63.0 Å². The Hall–Kier alpha value is -1.56. The molecule has 0 aliphatic carbocycles. The molecule has 2 heterocycles. The highest BCUT2D eigenvalue weighted by atomic mass is 127. The van der Waals surface area contributed by atoms with Gasteiger partial charge in [0, 0.05) is 15.7 Å². The fourth-order valence-electron chi connectivity index (χ4n) is 4.69. The zero-order valence-corrected chi connectivity index (χ0v) is 21.2. The van der Waals surface area contributed by atoms with Gasteiger partial charge in [-0.05, 0) is 92.1 Å². The van der Waals surface area contributed by atoms with Gasteiger partial charge < -0.3 is 9.64 Å². The third kappa shape index (κ3) is 5.16. The van der Waals surface area contributed by atoms with Gasteiger partial charge in [0.25, 0.3) is 10.1 Å². The number of hydrogen-bond donors (Lipinski definition) is 1. The summed E-state index contributed by atoms with van der Waals surface area (Å²) in [5.74, 6) is -0.490. The lowest BCUT2D eigenvalue weighted by molar-refractivity contribution is -0.150. The lowest BCUT2D eigenvalue weighted by Gasteiger charge is -2.43. The summed E-state index contributed by atoms with van der Waals surface area (Å²) in [4.78, 5) is 14.8. The standard InChI is InChI=1S/C16H19FINO2.C7H8O3S/c1-19-11-4-5-12(19)9-16(8-11,15(20)21-2)10-3-6-14(18)13(17)7-10;1-6-2-4-7(5-3-6)11(8,9)10/h3,6-7,11-12H,4-5,8-9H2,1-2H3;2-5H,1H3,(H,8,9,10). The van der Waals surface area contributed by atoms with Gasteiger partial charge in [0.15, 0.2) is 0 Å². The van der Waals surface area contributed by atoms with Crippen LogP contribution in [0.5, 0.6) is 0 Å². The fraction of sp³-hybridized carbons (Fsp3) is 0.435. The predicted molar refractivity (Wildman–Crippen MR) is 128 cm³/mol. The molecule has 2 unspecified atom stereocenters. The number of nitrogens with zero attached hydrogens (tertiary/aromatic N) is 1. The lowest BCUT2D eigenvalue weighted by Crippen LogP contribution is -2.52. The van der Waals surface area contributed by atoms with E-state index in [0.29, 0.717) is 28.5 Å². The number of carbonyl (C=O) groups is 1. The van der Waals surface area contributed by atoms with Gasteiger partial charge >= 0.3 is 5.97 Å². The summed E-state index contributed by atoms with van der Waals surface area (Å²) in [7, 11) is -0.473. The maximum Gasteiger partial charge on any atom is 0.316 e. The van der Waals surface area contributed by atoms with Crippen LogP contribution >= 0.6 is 22.6 Å². The van der Waals surface area contributed by atoms with Gasteiger partial charge in [-0.25, -0.2) is 4.39 Å². The SMILES string of the molecule is COC(=O)C1(c2ccc(I)c(F)c2)CC2CCC(C1)N2C.Cc1ccc(S(=O)(=O)O)cc1. The summed E-state index contributed by atoms with van der Waals surface area (Å²) in [5, 5.41) is 0. The normalized spacial score (nSPS) is 25.1. The molecular weight excluding hydrogens is 548 g/mol. The summed E-state index contributed by atoms with van der Waals surface area (Å²) >= 11 is 1.97. The zero-order valence-electron chi connectivity index (χ0n) is 18.2. The summed E-state index contributed by atoms with van der Waals surface area (Å²) in [6.07, 6.45) is 3.64. The molecule has 0 amide bonds. The van der Waals surface area contributed by atoms with Crippen molar-refractivity contribution in [1.29, 1.82) is 0 Å². The number of benzene rings is 2. The van der Waals surface area contributed by atoms with Crippen LogP contribution in [0.25, 0.3) is 0 Å². The molecule has 2 aromatic carbocycles. The number of rotatable bonds is 3. The second kappa shape index (κ2) is 9.74. The molecule has 2 aliphatic rings. The summed E-state index contributed by atoms with van der Waals surface area (Å²) in [6.45, 7) is 1.84. The second-order valence-corrected chi connectivity index (χ2v) is 11.0.